The number of hydrogen-bond donors (Lipinski definition) is 1. The van der Waals surface area contributed by atoms with Gasteiger partial charge in [-0.1, -0.05) is 41.6 Å². The maximum absolute atomic E-state index is 12.7. The lowest BCUT2D eigenvalue weighted by Crippen LogP contribution is -2.49. The van der Waals surface area contributed by atoms with Gasteiger partial charge in [0.1, 0.15) is 0 Å². The quantitative estimate of drug-likeness (QED) is 0.704. The maximum Gasteiger partial charge on any atom is 0.254 e. The first-order valence-corrected chi connectivity index (χ1v) is 9.40. The van der Waals surface area contributed by atoms with Crippen LogP contribution in [0.5, 0.6) is 0 Å². The number of piperazine rings is 1. The van der Waals surface area contributed by atoms with Crippen LogP contribution in [0.25, 0.3) is 11.4 Å². The van der Waals surface area contributed by atoms with E-state index in [4.69, 9.17) is 10.3 Å². The first kappa shape index (κ1) is 18.2. The van der Waals surface area contributed by atoms with E-state index in [9.17, 15) is 4.79 Å². The number of aromatic nitrogens is 2. The first-order chi connectivity index (χ1) is 13.6. The molecule has 0 spiro atoms. The number of carbonyl (C=O) groups is 1. The molecule has 1 aliphatic heterocycles. The van der Waals surface area contributed by atoms with Crippen LogP contribution in [0.15, 0.2) is 59.1 Å². The van der Waals surface area contributed by atoms with E-state index >= 15 is 0 Å². The molecule has 1 aromatic heterocycles. The van der Waals surface area contributed by atoms with Crippen LogP contribution in [0, 0.1) is 0 Å². The van der Waals surface area contributed by atoms with Gasteiger partial charge < -0.3 is 15.2 Å². The van der Waals surface area contributed by atoms with Gasteiger partial charge in [-0.25, -0.2) is 0 Å². The fourth-order valence-corrected chi connectivity index (χ4v) is 3.43. The molecule has 1 aliphatic rings. The van der Waals surface area contributed by atoms with E-state index in [1.807, 2.05) is 35.2 Å². The Morgan fingerprint density at radius 2 is 1.82 bits per heavy atom. The molecule has 2 heterocycles. The van der Waals surface area contributed by atoms with Crippen molar-refractivity contribution in [1.29, 1.82) is 0 Å². The summed E-state index contributed by atoms with van der Waals surface area (Å²) < 4.78 is 5.49. The van der Waals surface area contributed by atoms with Crippen molar-refractivity contribution in [3.05, 3.63) is 66.1 Å². The van der Waals surface area contributed by atoms with Crippen molar-refractivity contribution in [2.24, 2.45) is 0 Å². The molecule has 0 aliphatic carbocycles. The van der Waals surface area contributed by atoms with Crippen molar-refractivity contribution in [2.45, 2.75) is 13.0 Å². The third-order valence-electron chi connectivity index (χ3n) is 5.11. The minimum atomic E-state index is -0.00501. The van der Waals surface area contributed by atoms with E-state index in [-0.39, 0.29) is 11.9 Å². The molecule has 1 amide bonds. The van der Waals surface area contributed by atoms with Gasteiger partial charge in [0.05, 0.1) is 6.04 Å². The van der Waals surface area contributed by atoms with Crippen LogP contribution in [-0.4, -0.2) is 52.0 Å². The van der Waals surface area contributed by atoms with Gasteiger partial charge in [0.2, 0.25) is 11.7 Å². The summed E-state index contributed by atoms with van der Waals surface area (Å²) in [6, 6.07) is 16.9. The molecule has 0 saturated carbocycles. The smallest absolute Gasteiger partial charge is 0.254 e. The summed E-state index contributed by atoms with van der Waals surface area (Å²) in [4.78, 5) is 21.3. The lowest BCUT2D eigenvalue weighted by Gasteiger charge is -2.36. The van der Waals surface area contributed by atoms with Gasteiger partial charge in [-0.2, -0.15) is 4.98 Å². The number of benzene rings is 2. The van der Waals surface area contributed by atoms with Crippen molar-refractivity contribution in [3.8, 4) is 11.4 Å². The highest BCUT2D eigenvalue weighted by atomic mass is 16.5. The topological polar surface area (TPSA) is 88.5 Å². The molecule has 7 nitrogen and oxygen atoms in total. The highest BCUT2D eigenvalue weighted by Gasteiger charge is 2.28. The summed E-state index contributed by atoms with van der Waals surface area (Å²) in [7, 11) is 0. The van der Waals surface area contributed by atoms with Crippen LogP contribution in [-0.2, 0) is 0 Å². The molecule has 2 aromatic carbocycles. The van der Waals surface area contributed by atoms with Crippen LogP contribution in [0.1, 0.15) is 29.2 Å². The zero-order chi connectivity index (χ0) is 19.5. The van der Waals surface area contributed by atoms with Crippen molar-refractivity contribution >= 4 is 11.6 Å². The van der Waals surface area contributed by atoms with Gasteiger partial charge in [-0.3, -0.25) is 9.69 Å². The Morgan fingerprint density at radius 1 is 1.07 bits per heavy atom. The first-order valence-electron chi connectivity index (χ1n) is 9.40. The molecule has 144 valence electrons. The van der Waals surface area contributed by atoms with E-state index in [0.717, 1.165) is 18.7 Å². The Bertz CT molecular complexity index is 948. The van der Waals surface area contributed by atoms with E-state index in [1.165, 1.54) is 0 Å². The highest BCUT2D eigenvalue weighted by molar-refractivity contribution is 5.95. The molecule has 1 atom stereocenters. The molecule has 7 heteroatoms. The molecule has 28 heavy (non-hydrogen) atoms. The molecule has 1 saturated heterocycles. The Hall–Kier alpha value is -3.19. The SMILES string of the molecule is CC(c1nc(-c2ccccc2)no1)N1CCN(C(=O)c2cccc(N)c2)CC1. The average Bonchev–Trinajstić information content (AvgIpc) is 3.24. The highest BCUT2D eigenvalue weighted by Crippen LogP contribution is 2.24. The predicted molar refractivity (Wildman–Crippen MR) is 106 cm³/mol. The van der Waals surface area contributed by atoms with Crippen LogP contribution < -0.4 is 5.73 Å². The van der Waals surface area contributed by atoms with Gasteiger partial charge in [0, 0.05) is 43.0 Å². The van der Waals surface area contributed by atoms with Gasteiger partial charge in [-0.15, -0.1) is 0 Å². The second-order valence-corrected chi connectivity index (χ2v) is 6.95. The third kappa shape index (κ3) is 3.75. The average molecular weight is 377 g/mol. The van der Waals surface area contributed by atoms with Crippen molar-refractivity contribution < 1.29 is 9.32 Å². The van der Waals surface area contributed by atoms with Crippen LogP contribution in [0.3, 0.4) is 0 Å². The van der Waals surface area contributed by atoms with E-state index in [2.05, 4.69) is 22.0 Å². The summed E-state index contributed by atoms with van der Waals surface area (Å²) in [6.45, 7) is 4.85. The van der Waals surface area contributed by atoms with Crippen molar-refractivity contribution in [3.63, 3.8) is 0 Å². The fraction of sp³-hybridized carbons (Fsp3) is 0.286. The van der Waals surface area contributed by atoms with Gasteiger partial charge in [-0.05, 0) is 25.1 Å². The van der Waals surface area contributed by atoms with Gasteiger partial charge in [0.25, 0.3) is 5.91 Å². The largest absolute Gasteiger partial charge is 0.399 e. The molecule has 1 fully saturated rings. The van der Waals surface area contributed by atoms with Crippen molar-refractivity contribution in [1.82, 2.24) is 19.9 Å². The summed E-state index contributed by atoms with van der Waals surface area (Å²) in [5.41, 5.74) is 7.96. The fourth-order valence-electron chi connectivity index (χ4n) is 3.43. The number of nitrogens with two attached hydrogens (primary N) is 1. The molecule has 3 aromatic rings. The molecule has 0 radical (unpaired) electrons. The normalized spacial score (nSPS) is 16.1. The molecule has 2 N–H and O–H groups in total. The molecule has 1 unspecified atom stereocenters. The minimum Gasteiger partial charge on any atom is -0.399 e. The summed E-state index contributed by atoms with van der Waals surface area (Å²) >= 11 is 0. The maximum atomic E-state index is 12.7. The molecule has 0 bridgehead atoms. The number of nitrogens with zero attached hydrogens (tertiary/aromatic N) is 4. The minimum absolute atomic E-state index is 0.00501. The lowest BCUT2D eigenvalue weighted by molar-refractivity contribution is 0.0551. The standard InChI is InChI=1S/C21H23N5O2/c1-15(20-23-19(24-28-20)16-6-3-2-4-7-16)25-10-12-26(13-11-25)21(27)17-8-5-9-18(22)14-17/h2-9,14-15H,10-13,22H2,1H3. The lowest BCUT2D eigenvalue weighted by atomic mass is 10.1. The van der Waals surface area contributed by atoms with Gasteiger partial charge in [0.15, 0.2) is 0 Å². The zero-order valence-corrected chi connectivity index (χ0v) is 15.8. The second-order valence-electron chi connectivity index (χ2n) is 6.95. The number of hydrogen-bond acceptors (Lipinski definition) is 6. The summed E-state index contributed by atoms with van der Waals surface area (Å²) in [6.07, 6.45) is 0. The van der Waals surface area contributed by atoms with E-state index < -0.39 is 0 Å². The van der Waals surface area contributed by atoms with Gasteiger partial charge >= 0.3 is 0 Å². The molecule has 4 rings (SSSR count). The Kier molecular flexibility index (Phi) is 5.08. The number of anilines is 1. The van der Waals surface area contributed by atoms with Crippen molar-refractivity contribution in [2.75, 3.05) is 31.9 Å². The van der Waals surface area contributed by atoms with Crippen LogP contribution in [0.4, 0.5) is 5.69 Å². The molecular weight excluding hydrogens is 354 g/mol. The summed E-state index contributed by atoms with van der Waals surface area (Å²) in [5, 5.41) is 4.10. The third-order valence-corrected chi connectivity index (χ3v) is 5.11. The monoisotopic (exact) mass is 377 g/mol. The number of carbonyl (C=O) groups excluding carboxylic acids is 1. The number of nitrogen functional groups attached to an aromatic ring is 1. The van der Waals surface area contributed by atoms with E-state index in [1.54, 1.807) is 24.3 Å². The Balaban J connectivity index is 1.38. The van der Waals surface area contributed by atoms with E-state index in [0.29, 0.717) is 36.1 Å². The Labute approximate surface area is 163 Å². The zero-order valence-electron chi connectivity index (χ0n) is 15.8. The second kappa shape index (κ2) is 7.82. The number of rotatable bonds is 4. The Morgan fingerprint density at radius 3 is 2.54 bits per heavy atom. The summed E-state index contributed by atoms with van der Waals surface area (Å²) in [5.74, 6) is 1.20. The number of amides is 1. The van der Waals surface area contributed by atoms with Crippen LogP contribution >= 0.6 is 0 Å². The van der Waals surface area contributed by atoms with Crippen LogP contribution in [0.2, 0.25) is 0 Å². The molecular formula is C21H23N5O2. The predicted octanol–water partition coefficient (Wildman–Crippen LogP) is 2.84.